The van der Waals surface area contributed by atoms with Crippen molar-refractivity contribution in [3.8, 4) is 5.75 Å². The van der Waals surface area contributed by atoms with Crippen LogP contribution in [0, 0.1) is 5.82 Å². The van der Waals surface area contributed by atoms with E-state index in [4.69, 9.17) is 4.74 Å². The van der Waals surface area contributed by atoms with Crippen molar-refractivity contribution in [1.29, 1.82) is 0 Å². The summed E-state index contributed by atoms with van der Waals surface area (Å²) < 4.78 is 18.1. The zero-order valence-electron chi connectivity index (χ0n) is 10.4. The number of ketones is 1. The number of phenols is 1. The third-order valence-electron chi connectivity index (χ3n) is 2.63. The van der Waals surface area contributed by atoms with Crippen LogP contribution in [0.5, 0.6) is 5.75 Å². The predicted octanol–water partition coefficient (Wildman–Crippen LogP) is 2.57. The molecule has 0 saturated carbocycles. The molecule has 0 atom stereocenters. The molecule has 0 saturated heterocycles. The van der Waals surface area contributed by atoms with Crippen LogP contribution in [0.1, 0.15) is 20.7 Å². The highest BCUT2D eigenvalue weighted by Gasteiger charge is 2.16. The monoisotopic (exact) mass is 274 g/mol. The maximum Gasteiger partial charge on any atom is 0.342 e. The van der Waals surface area contributed by atoms with E-state index in [2.05, 4.69) is 0 Å². The minimum Gasteiger partial charge on any atom is -0.507 e. The van der Waals surface area contributed by atoms with E-state index in [1.165, 1.54) is 30.3 Å². The van der Waals surface area contributed by atoms with Crippen LogP contribution in [0.4, 0.5) is 4.39 Å². The normalized spacial score (nSPS) is 10.1. The Bertz CT molecular complexity index is 594. The lowest BCUT2D eigenvalue weighted by Crippen LogP contribution is -2.15. The molecule has 2 aromatic rings. The molecule has 20 heavy (non-hydrogen) atoms. The Labute approximate surface area is 114 Å². The molecule has 0 bridgehead atoms. The molecule has 0 heterocycles. The Hall–Kier alpha value is -2.69. The minimum absolute atomic E-state index is 0.0474. The minimum atomic E-state index is -0.840. The Morgan fingerprint density at radius 1 is 1.00 bits per heavy atom. The average molecular weight is 274 g/mol. The lowest BCUT2D eigenvalue weighted by Gasteiger charge is -2.06. The quantitative estimate of drug-likeness (QED) is 0.687. The van der Waals surface area contributed by atoms with Gasteiger partial charge in [0.05, 0.1) is 5.56 Å². The van der Waals surface area contributed by atoms with E-state index in [-0.39, 0.29) is 16.9 Å². The van der Waals surface area contributed by atoms with Crippen LogP contribution in [-0.2, 0) is 4.74 Å². The first-order valence-electron chi connectivity index (χ1n) is 5.82. The number of rotatable bonds is 4. The summed E-state index contributed by atoms with van der Waals surface area (Å²) in [5.41, 5.74) is -0.189. The van der Waals surface area contributed by atoms with E-state index in [9.17, 15) is 19.1 Å². The molecule has 2 rings (SSSR count). The number of halogens is 1. The van der Waals surface area contributed by atoms with Crippen molar-refractivity contribution in [3.05, 3.63) is 65.5 Å². The van der Waals surface area contributed by atoms with Gasteiger partial charge in [0, 0.05) is 0 Å². The highest BCUT2D eigenvalue weighted by atomic mass is 19.1. The van der Waals surface area contributed by atoms with Crippen LogP contribution >= 0.6 is 0 Å². The molecule has 0 aliphatic carbocycles. The third-order valence-corrected chi connectivity index (χ3v) is 2.63. The molecule has 0 aliphatic rings. The van der Waals surface area contributed by atoms with Gasteiger partial charge in [-0.1, -0.05) is 24.3 Å². The second-order valence-corrected chi connectivity index (χ2v) is 4.00. The van der Waals surface area contributed by atoms with E-state index in [1.807, 2.05) is 0 Å². The molecule has 0 spiro atoms. The van der Waals surface area contributed by atoms with E-state index < -0.39 is 24.2 Å². The Kier molecular flexibility index (Phi) is 4.10. The van der Waals surface area contributed by atoms with Crippen LogP contribution in [0.3, 0.4) is 0 Å². The molecule has 102 valence electrons. The van der Waals surface area contributed by atoms with Gasteiger partial charge in [-0.2, -0.15) is 0 Å². The molecule has 0 aromatic heterocycles. The molecule has 0 aliphatic heterocycles. The second-order valence-electron chi connectivity index (χ2n) is 4.00. The van der Waals surface area contributed by atoms with Crippen molar-refractivity contribution < 1.29 is 23.8 Å². The number of hydrogen-bond acceptors (Lipinski definition) is 4. The molecule has 0 fully saturated rings. The van der Waals surface area contributed by atoms with E-state index >= 15 is 0 Å². The van der Waals surface area contributed by atoms with Crippen LogP contribution in [0.2, 0.25) is 0 Å². The SMILES string of the molecule is O=C(OCC(=O)c1ccccc1F)c1ccccc1O. The molecule has 0 unspecified atom stereocenters. The molecule has 4 nitrogen and oxygen atoms in total. The molecule has 5 heteroatoms. The predicted molar refractivity (Wildman–Crippen MR) is 69.1 cm³/mol. The van der Waals surface area contributed by atoms with Gasteiger partial charge in [-0.25, -0.2) is 9.18 Å². The lowest BCUT2D eigenvalue weighted by molar-refractivity contribution is 0.0470. The number of benzene rings is 2. The summed E-state index contributed by atoms with van der Waals surface area (Å²) in [4.78, 5) is 23.4. The van der Waals surface area contributed by atoms with E-state index in [0.29, 0.717) is 0 Å². The van der Waals surface area contributed by atoms with Gasteiger partial charge < -0.3 is 9.84 Å². The van der Waals surface area contributed by atoms with E-state index in [0.717, 1.165) is 6.07 Å². The van der Waals surface area contributed by atoms with Crippen molar-refractivity contribution in [2.75, 3.05) is 6.61 Å². The smallest absolute Gasteiger partial charge is 0.342 e. The fourth-order valence-corrected chi connectivity index (χ4v) is 1.62. The highest BCUT2D eigenvalue weighted by Crippen LogP contribution is 2.16. The van der Waals surface area contributed by atoms with Crippen LogP contribution in [0.25, 0.3) is 0 Å². The molecular weight excluding hydrogens is 263 g/mol. The first kappa shape index (κ1) is 13.7. The zero-order chi connectivity index (χ0) is 14.5. The maximum atomic E-state index is 13.4. The topological polar surface area (TPSA) is 63.6 Å². The van der Waals surface area contributed by atoms with Crippen LogP contribution < -0.4 is 0 Å². The summed E-state index contributed by atoms with van der Waals surface area (Å²) in [6.45, 7) is -0.589. The van der Waals surface area contributed by atoms with Crippen molar-refractivity contribution >= 4 is 11.8 Å². The number of esters is 1. The zero-order valence-corrected chi connectivity index (χ0v) is 10.4. The van der Waals surface area contributed by atoms with E-state index in [1.54, 1.807) is 12.1 Å². The molecular formula is C15H11FO4. The largest absolute Gasteiger partial charge is 0.507 e. The van der Waals surface area contributed by atoms with Crippen LogP contribution in [-0.4, -0.2) is 23.5 Å². The Balaban J connectivity index is 2.03. The lowest BCUT2D eigenvalue weighted by atomic mass is 10.1. The van der Waals surface area contributed by atoms with Gasteiger partial charge in [0.15, 0.2) is 6.61 Å². The average Bonchev–Trinajstić information content (AvgIpc) is 2.45. The number of phenolic OH excluding ortho intramolecular Hbond substituents is 1. The Morgan fingerprint density at radius 3 is 2.25 bits per heavy atom. The fourth-order valence-electron chi connectivity index (χ4n) is 1.62. The first-order chi connectivity index (χ1) is 9.59. The van der Waals surface area contributed by atoms with Gasteiger partial charge in [-0.05, 0) is 24.3 Å². The molecule has 1 N–H and O–H groups in total. The molecule has 0 radical (unpaired) electrons. The number of carbonyl (C=O) groups excluding carboxylic acids is 2. The van der Waals surface area contributed by atoms with Gasteiger partial charge in [0.2, 0.25) is 5.78 Å². The second kappa shape index (κ2) is 5.97. The standard InChI is InChI=1S/C15H11FO4/c16-12-7-3-1-5-10(12)14(18)9-20-15(19)11-6-2-4-8-13(11)17/h1-8,17H,9H2. The number of Topliss-reactive ketones (excluding diaryl/α,β-unsaturated/α-hetero) is 1. The first-order valence-corrected chi connectivity index (χ1v) is 5.82. The third kappa shape index (κ3) is 3.00. The number of carbonyl (C=O) groups is 2. The Morgan fingerprint density at radius 2 is 1.60 bits per heavy atom. The summed E-state index contributed by atoms with van der Waals surface area (Å²) in [5.74, 6) is -2.40. The van der Waals surface area contributed by atoms with Crippen LogP contribution in [0.15, 0.2) is 48.5 Å². The summed E-state index contributed by atoms with van der Waals surface area (Å²) >= 11 is 0. The molecule has 2 aromatic carbocycles. The number of ether oxygens (including phenoxy) is 1. The van der Waals surface area contributed by atoms with Gasteiger partial charge >= 0.3 is 5.97 Å². The van der Waals surface area contributed by atoms with Gasteiger partial charge in [0.25, 0.3) is 0 Å². The summed E-state index contributed by atoms with van der Waals surface area (Å²) in [6, 6.07) is 11.2. The highest BCUT2D eigenvalue weighted by molar-refractivity contribution is 6.00. The van der Waals surface area contributed by atoms with Crippen molar-refractivity contribution in [3.63, 3.8) is 0 Å². The fraction of sp³-hybridized carbons (Fsp3) is 0.0667. The molecule has 0 amide bonds. The van der Waals surface area contributed by atoms with Gasteiger partial charge in [-0.15, -0.1) is 0 Å². The van der Waals surface area contributed by atoms with Crippen molar-refractivity contribution in [2.24, 2.45) is 0 Å². The summed E-state index contributed by atoms with van der Waals surface area (Å²) in [7, 11) is 0. The number of aromatic hydroxyl groups is 1. The van der Waals surface area contributed by atoms with Crippen molar-refractivity contribution in [1.82, 2.24) is 0 Å². The summed E-state index contributed by atoms with van der Waals surface area (Å²) in [6.07, 6.45) is 0. The maximum absolute atomic E-state index is 13.4. The van der Waals surface area contributed by atoms with Gasteiger partial charge in [0.1, 0.15) is 17.1 Å². The number of hydrogen-bond donors (Lipinski definition) is 1. The summed E-state index contributed by atoms with van der Waals surface area (Å²) in [5, 5.41) is 9.46. The van der Waals surface area contributed by atoms with Gasteiger partial charge in [-0.3, -0.25) is 4.79 Å². The van der Waals surface area contributed by atoms with Crippen molar-refractivity contribution in [2.45, 2.75) is 0 Å². The number of para-hydroxylation sites is 1.